The Hall–Kier alpha value is -3.41. The van der Waals surface area contributed by atoms with Crippen LogP contribution in [0.1, 0.15) is 64.5 Å². The van der Waals surface area contributed by atoms with Gasteiger partial charge in [0.1, 0.15) is 5.02 Å². The van der Waals surface area contributed by atoms with Crippen LogP contribution in [0.15, 0.2) is 77.6 Å². The predicted molar refractivity (Wildman–Crippen MR) is 153 cm³/mol. The van der Waals surface area contributed by atoms with E-state index in [0.29, 0.717) is 31.0 Å². The molecular formula is C32H33ClN2O3. The van der Waals surface area contributed by atoms with Crippen molar-refractivity contribution in [1.82, 2.24) is 9.47 Å². The maximum Gasteiger partial charge on any atom is 0.337 e. The standard InChI is InChI=1S/C32H33ClN2O3/c1-21(26-10-6-8-23-7-4-5-9-27(23)26)34(2)20-30-28(24-15-16-24)19-29(33)31(36)35(30)18-17-22-11-13-25(14-12-22)32(37)38-3/h4-14,19,21,24H,15-18,20H2,1-3H3/t21-/m0/s1. The summed E-state index contributed by atoms with van der Waals surface area (Å²) in [4.78, 5) is 27.4. The SMILES string of the molecule is COC(=O)c1ccc(CCn2c(CN(C)[C@@H](C)c3cccc4ccccc34)c(C3CC3)cc(Cl)c2=O)cc1. The maximum atomic E-state index is 13.3. The Morgan fingerprint density at radius 3 is 2.50 bits per heavy atom. The number of carbonyl (C=O) groups excluding carboxylic acids is 1. The van der Waals surface area contributed by atoms with Gasteiger partial charge in [-0.1, -0.05) is 66.2 Å². The first-order valence-corrected chi connectivity index (χ1v) is 13.5. The first-order valence-electron chi connectivity index (χ1n) is 13.1. The Balaban J connectivity index is 1.44. The average molecular weight is 529 g/mol. The lowest BCUT2D eigenvalue weighted by molar-refractivity contribution is 0.0600. The Morgan fingerprint density at radius 2 is 1.79 bits per heavy atom. The van der Waals surface area contributed by atoms with Gasteiger partial charge in [0.25, 0.3) is 5.56 Å². The number of benzene rings is 3. The number of hydrogen-bond acceptors (Lipinski definition) is 4. The van der Waals surface area contributed by atoms with Gasteiger partial charge >= 0.3 is 5.97 Å². The quantitative estimate of drug-likeness (QED) is 0.225. The highest BCUT2D eigenvalue weighted by molar-refractivity contribution is 6.30. The fourth-order valence-electron chi connectivity index (χ4n) is 5.24. The van der Waals surface area contributed by atoms with E-state index in [0.717, 1.165) is 24.1 Å². The number of methoxy groups -OCH3 is 1. The van der Waals surface area contributed by atoms with E-state index < -0.39 is 0 Å². The summed E-state index contributed by atoms with van der Waals surface area (Å²) in [5.41, 5.74) is 4.91. The number of aryl methyl sites for hydroxylation is 1. The van der Waals surface area contributed by atoms with Gasteiger partial charge in [0.15, 0.2) is 0 Å². The molecule has 0 spiro atoms. The van der Waals surface area contributed by atoms with Crippen molar-refractivity contribution in [3.05, 3.63) is 116 Å². The van der Waals surface area contributed by atoms with Crippen LogP contribution in [0.4, 0.5) is 0 Å². The van der Waals surface area contributed by atoms with Crippen molar-refractivity contribution in [3.8, 4) is 0 Å². The third-order valence-corrected chi connectivity index (χ3v) is 8.01. The monoisotopic (exact) mass is 528 g/mol. The molecular weight excluding hydrogens is 496 g/mol. The molecule has 0 radical (unpaired) electrons. The molecule has 0 N–H and O–H groups in total. The van der Waals surface area contributed by atoms with Crippen LogP contribution in [0.25, 0.3) is 10.8 Å². The van der Waals surface area contributed by atoms with Crippen LogP contribution in [-0.2, 0) is 24.2 Å². The summed E-state index contributed by atoms with van der Waals surface area (Å²) < 4.78 is 6.67. The van der Waals surface area contributed by atoms with Crippen molar-refractivity contribution in [2.75, 3.05) is 14.2 Å². The molecule has 1 aromatic heterocycles. The molecule has 1 aliphatic rings. The molecule has 1 atom stereocenters. The second-order valence-electron chi connectivity index (χ2n) is 10.2. The van der Waals surface area contributed by atoms with E-state index in [1.54, 1.807) is 12.1 Å². The van der Waals surface area contributed by atoms with Gasteiger partial charge in [0, 0.05) is 24.8 Å². The van der Waals surface area contributed by atoms with Crippen LogP contribution >= 0.6 is 11.6 Å². The van der Waals surface area contributed by atoms with Crippen LogP contribution in [-0.4, -0.2) is 29.6 Å². The molecule has 5 rings (SSSR count). The van der Waals surface area contributed by atoms with Crippen LogP contribution in [0.3, 0.4) is 0 Å². The number of carbonyl (C=O) groups is 1. The van der Waals surface area contributed by atoms with Gasteiger partial charge in [-0.25, -0.2) is 4.79 Å². The number of hydrogen-bond donors (Lipinski definition) is 0. The minimum Gasteiger partial charge on any atom is -0.465 e. The summed E-state index contributed by atoms with van der Waals surface area (Å²) in [6.45, 7) is 3.38. The molecule has 6 heteroatoms. The van der Waals surface area contributed by atoms with E-state index in [9.17, 15) is 9.59 Å². The Bertz CT molecular complexity index is 1520. The molecule has 0 bridgehead atoms. The third-order valence-electron chi connectivity index (χ3n) is 7.74. The van der Waals surface area contributed by atoms with Crippen molar-refractivity contribution < 1.29 is 9.53 Å². The Morgan fingerprint density at radius 1 is 1.08 bits per heavy atom. The zero-order valence-corrected chi connectivity index (χ0v) is 22.9. The molecule has 1 aliphatic carbocycles. The van der Waals surface area contributed by atoms with Gasteiger partial charge in [-0.3, -0.25) is 9.69 Å². The molecule has 0 amide bonds. The van der Waals surface area contributed by atoms with Crippen molar-refractivity contribution >= 4 is 28.3 Å². The zero-order valence-electron chi connectivity index (χ0n) is 22.1. The fraction of sp³-hybridized carbons (Fsp3) is 0.312. The number of esters is 1. The van der Waals surface area contributed by atoms with Crippen molar-refractivity contribution in [2.24, 2.45) is 0 Å². The van der Waals surface area contributed by atoms with Gasteiger partial charge in [-0.15, -0.1) is 0 Å². The summed E-state index contributed by atoms with van der Waals surface area (Å²) in [6.07, 6.45) is 2.90. The van der Waals surface area contributed by atoms with Gasteiger partial charge in [-0.2, -0.15) is 0 Å². The number of aromatic nitrogens is 1. The third kappa shape index (κ3) is 5.40. The number of ether oxygens (including phenoxy) is 1. The van der Waals surface area contributed by atoms with Crippen LogP contribution in [0.5, 0.6) is 0 Å². The van der Waals surface area contributed by atoms with E-state index in [4.69, 9.17) is 16.3 Å². The van der Waals surface area contributed by atoms with Gasteiger partial charge in [0.05, 0.1) is 12.7 Å². The second-order valence-corrected chi connectivity index (χ2v) is 10.6. The van der Waals surface area contributed by atoms with E-state index in [2.05, 4.69) is 61.3 Å². The number of fused-ring (bicyclic) bond motifs is 1. The highest BCUT2D eigenvalue weighted by Gasteiger charge is 2.30. The van der Waals surface area contributed by atoms with E-state index in [-0.39, 0.29) is 22.6 Å². The molecule has 1 fully saturated rings. The molecule has 38 heavy (non-hydrogen) atoms. The average Bonchev–Trinajstić information content (AvgIpc) is 3.79. The largest absolute Gasteiger partial charge is 0.465 e. The minimum absolute atomic E-state index is 0.150. The second kappa shape index (κ2) is 11.1. The molecule has 5 nitrogen and oxygen atoms in total. The van der Waals surface area contributed by atoms with Crippen molar-refractivity contribution in [2.45, 2.75) is 51.2 Å². The van der Waals surface area contributed by atoms with Gasteiger partial charge < -0.3 is 9.30 Å². The molecule has 196 valence electrons. The molecule has 1 saturated carbocycles. The Labute approximate surface area is 228 Å². The summed E-state index contributed by atoms with van der Waals surface area (Å²) in [5, 5.41) is 2.76. The summed E-state index contributed by atoms with van der Waals surface area (Å²) in [6, 6.07) is 24.3. The normalized spacial score (nSPS) is 14.1. The first-order chi connectivity index (χ1) is 18.4. The number of nitrogens with zero attached hydrogens (tertiary/aromatic N) is 2. The van der Waals surface area contributed by atoms with E-state index in [1.807, 2.05) is 22.8 Å². The molecule has 0 aliphatic heterocycles. The molecule has 1 heterocycles. The fourth-order valence-corrected chi connectivity index (χ4v) is 5.46. The molecule has 3 aromatic carbocycles. The molecule has 0 saturated heterocycles. The summed E-state index contributed by atoms with van der Waals surface area (Å²) in [7, 11) is 3.50. The highest BCUT2D eigenvalue weighted by atomic mass is 35.5. The van der Waals surface area contributed by atoms with Gasteiger partial charge in [0.2, 0.25) is 0 Å². The topological polar surface area (TPSA) is 51.5 Å². The maximum absolute atomic E-state index is 13.3. The lowest BCUT2D eigenvalue weighted by Crippen LogP contribution is -2.31. The van der Waals surface area contributed by atoms with E-state index >= 15 is 0 Å². The van der Waals surface area contributed by atoms with Crippen LogP contribution in [0, 0.1) is 0 Å². The predicted octanol–water partition coefficient (Wildman–Crippen LogP) is 6.75. The van der Waals surface area contributed by atoms with Crippen molar-refractivity contribution in [1.29, 1.82) is 0 Å². The number of rotatable bonds is 9. The summed E-state index contributed by atoms with van der Waals surface area (Å²) in [5.74, 6) is 0.0947. The smallest absolute Gasteiger partial charge is 0.337 e. The lowest BCUT2D eigenvalue weighted by Gasteiger charge is -2.29. The lowest BCUT2D eigenvalue weighted by atomic mass is 9.98. The summed E-state index contributed by atoms with van der Waals surface area (Å²) >= 11 is 6.48. The first kappa shape index (κ1) is 26.2. The van der Waals surface area contributed by atoms with E-state index in [1.165, 1.54) is 29.0 Å². The highest BCUT2D eigenvalue weighted by Crippen LogP contribution is 2.42. The zero-order chi connectivity index (χ0) is 26.8. The minimum atomic E-state index is -0.359. The van der Waals surface area contributed by atoms with Crippen LogP contribution < -0.4 is 5.56 Å². The molecule has 4 aromatic rings. The molecule has 0 unspecified atom stereocenters. The number of halogens is 1. The number of pyridine rings is 1. The van der Waals surface area contributed by atoms with Gasteiger partial charge in [-0.05, 0) is 84.8 Å². The van der Waals surface area contributed by atoms with Crippen molar-refractivity contribution in [3.63, 3.8) is 0 Å². The Kier molecular flexibility index (Phi) is 7.68. The van der Waals surface area contributed by atoms with Crippen LogP contribution in [0.2, 0.25) is 5.02 Å².